The van der Waals surface area contributed by atoms with E-state index in [-0.39, 0.29) is 5.91 Å². The third-order valence-electron chi connectivity index (χ3n) is 1.20. The third-order valence-corrected chi connectivity index (χ3v) is 1.75. The highest BCUT2D eigenvalue weighted by Gasteiger charge is 2.08. The monoisotopic (exact) mass is 173 g/mol. The Morgan fingerprint density at radius 3 is 3.10 bits per heavy atom. The summed E-state index contributed by atoms with van der Waals surface area (Å²) in [5.74, 6) is -0.0509. The van der Waals surface area contributed by atoms with E-state index in [1.165, 1.54) is 0 Å². The van der Waals surface area contributed by atoms with Gasteiger partial charge in [0, 0.05) is 16.6 Å². The summed E-state index contributed by atoms with van der Waals surface area (Å²) in [6.45, 7) is 0. The van der Waals surface area contributed by atoms with Gasteiger partial charge in [0.1, 0.15) is 0 Å². The Morgan fingerprint density at radius 2 is 2.60 bits per heavy atom. The van der Waals surface area contributed by atoms with Gasteiger partial charge in [-0.25, -0.2) is 0 Å². The zero-order valence-corrected chi connectivity index (χ0v) is 6.91. The van der Waals surface area contributed by atoms with Crippen molar-refractivity contribution in [1.82, 2.24) is 4.72 Å². The minimum absolute atomic E-state index is 0.0509. The second kappa shape index (κ2) is 3.73. The van der Waals surface area contributed by atoms with Gasteiger partial charge in [0.15, 0.2) is 0 Å². The zero-order chi connectivity index (χ0) is 7.40. The Kier molecular flexibility index (Phi) is 2.89. The van der Waals surface area contributed by atoms with Gasteiger partial charge < -0.3 is 0 Å². The molecule has 1 amide bonds. The lowest BCUT2D eigenvalue weighted by Crippen LogP contribution is -2.15. The first-order valence-electron chi connectivity index (χ1n) is 2.81. The molecule has 0 aliphatic heterocycles. The lowest BCUT2D eigenvalue weighted by atomic mass is 10.2. The van der Waals surface area contributed by atoms with Gasteiger partial charge in [-0.3, -0.25) is 9.52 Å². The summed E-state index contributed by atoms with van der Waals surface area (Å²) in [4.78, 5) is 11.0. The van der Waals surface area contributed by atoms with Gasteiger partial charge in [0.25, 0.3) is 5.91 Å². The second-order valence-corrected chi connectivity index (χ2v) is 2.78. The summed E-state index contributed by atoms with van der Waals surface area (Å²) in [5.41, 5.74) is 0.793. The smallest absolute Gasteiger partial charge is 0.257 e. The molecule has 1 N–H and O–H groups in total. The highest BCUT2D eigenvalue weighted by Crippen LogP contribution is 2.11. The number of nitrogens with one attached hydrogen (secondary N) is 1. The molecule has 0 bridgehead atoms. The molecule has 0 aromatic carbocycles. The molecule has 10 heavy (non-hydrogen) atoms. The maximum absolute atomic E-state index is 11.0. The molecule has 1 aliphatic rings. The van der Waals surface area contributed by atoms with E-state index in [1.54, 1.807) is 6.08 Å². The maximum Gasteiger partial charge on any atom is 0.257 e. The van der Waals surface area contributed by atoms with Crippen LogP contribution in [0.1, 0.15) is 6.42 Å². The van der Waals surface area contributed by atoms with Crippen molar-refractivity contribution in [3.8, 4) is 0 Å². The first-order chi connectivity index (χ1) is 4.84. The minimum atomic E-state index is -0.0509. The maximum atomic E-state index is 11.0. The number of allylic oxidation sites excluding steroid dienone is 3. The molecule has 4 heteroatoms. The van der Waals surface area contributed by atoms with Gasteiger partial charge in [-0.15, -0.1) is 0 Å². The predicted octanol–water partition coefficient (Wildman–Crippen LogP) is 1.48. The van der Waals surface area contributed by atoms with E-state index in [2.05, 4.69) is 16.4 Å². The third kappa shape index (κ3) is 1.82. The quantitative estimate of drug-likeness (QED) is 0.376. The van der Waals surface area contributed by atoms with Crippen molar-refractivity contribution in [1.29, 1.82) is 0 Å². The van der Waals surface area contributed by atoms with Gasteiger partial charge in [-0.05, 0) is 6.42 Å². The highest BCUT2D eigenvalue weighted by atomic mass is 33.1. The molecule has 0 unspecified atom stereocenters. The zero-order valence-electron chi connectivity index (χ0n) is 5.20. The lowest BCUT2D eigenvalue weighted by Gasteiger charge is -1.98. The van der Waals surface area contributed by atoms with E-state index in [1.807, 2.05) is 12.2 Å². The number of carbonyl (C=O) groups is 1. The van der Waals surface area contributed by atoms with Crippen LogP contribution in [0.5, 0.6) is 0 Å². The first kappa shape index (κ1) is 7.75. The lowest BCUT2D eigenvalue weighted by molar-refractivity contribution is -0.115. The summed E-state index contributed by atoms with van der Waals surface area (Å²) in [6.07, 6.45) is 6.36. The van der Waals surface area contributed by atoms with Crippen LogP contribution in [-0.4, -0.2) is 5.91 Å². The van der Waals surface area contributed by atoms with E-state index < -0.39 is 0 Å². The van der Waals surface area contributed by atoms with Crippen molar-refractivity contribution in [2.24, 2.45) is 0 Å². The summed E-state index contributed by atoms with van der Waals surface area (Å²) >= 11 is 3.79. The fraction of sp³-hybridized carbons (Fsp3) is 0.167. The number of rotatable bonds is 2. The van der Waals surface area contributed by atoms with Crippen LogP contribution in [0, 0.1) is 0 Å². The first-order valence-corrected chi connectivity index (χ1v) is 4.68. The van der Waals surface area contributed by atoms with Crippen LogP contribution in [0.25, 0.3) is 0 Å². The molecule has 1 aliphatic carbocycles. The molecule has 0 spiro atoms. The molecule has 0 aromatic heterocycles. The SMILES string of the molecule is O=C(NSS)C1=CC=CC1. The second-order valence-electron chi connectivity index (χ2n) is 1.85. The molecule has 0 heterocycles. The van der Waals surface area contributed by atoms with Gasteiger partial charge in [0.2, 0.25) is 0 Å². The van der Waals surface area contributed by atoms with Crippen molar-refractivity contribution < 1.29 is 4.79 Å². The summed E-state index contributed by atoms with van der Waals surface area (Å²) in [7, 11) is 1.02. The van der Waals surface area contributed by atoms with Crippen LogP contribution < -0.4 is 4.72 Å². The Bertz CT molecular complexity index is 198. The van der Waals surface area contributed by atoms with E-state index in [0.29, 0.717) is 0 Å². The fourth-order valence-corrected chi connectivity index (χ4v) is 1.19. The number of hydrogen-bond acceptors (Lipinski definition) is 3. The van der Waals surface area contributed by atoms with Crippen molar-refractivity contribution in [3.63, 3.8) is 0 Å². The molecule has 54 valence electrons. The number of carbonyl (C=O) groups excluding carboxylic acids is 1. The Balaban J connectivity index is 2.43. The van der Waals surface area contributed by atoms with Crippen LogP contribution >= 0.6 is 22.6 Å². The largest absolute Gasteiger partial charge is 0.287 e. The molecule has 0 saturated carbocycles. The van der Waals surface area contributed by atoms with Crippen LogP contribution in [0.2, 0.25) is 0 Å². The number of thiol groups is 1. The summed E-state index contributed by atoms with van der Waals surface area (Å²) < 4.78 is 2.52. The average molecular weight is 173 g/mol. The normalized spacial score (nSPS) is 15.1. The van der Waals surface area contributed by atoms with Crippen molar-refractivity contribution in [2.75, 3.05) is 0 Å². The van der Waals surface area contributed by atoms with E-state index >= 15 is 0 Å². The fourth-order valence-electron chi connectivity index (χ4n) is 0.723. The molecule has 2 nitrogen and oxygen atoms in total. The summed E-state index contributed by atoms with van der Waals surface area (Å²) in [5, 5.41) is 0. The van der Waals surface area contributed by atoms with Gasteiger partial charge in [-0.2, -0.15) is 0 Å². The van der Waals surface area contributed by atoms with E-state index in [0.717, 1.165) is 23.0 Å². The Labute approximate surface area is 68.7 Å². The molecule has 1 rings (SSSR count). The van der Waals surface area contributed by atoms with Crippen molar-refractivity contribution in [3.05, 3.63) is 23.8 Å². The molecule has 0 saturated heterocycles. The van der Waals surface area contributed by atoms with Gasteiger partial charge >= 0.3 is 0 Å². The number of amides is 1. The topological polar surface area (TPSA) is 29.1 Å². The average Bonchev–Trinajstić information content (AvgIpc) is 2.38. The van der Waals surface area contributed by atoms with Crippen LogP contribution in [0.4, 0.5) is 0 Å². The van der Waals surface area contributed by atoms with Gasteiger partial charge in [-0.1, -0.05) is 29.9 Å². The predicted molar refractivity (Wildman–Crippen MR) is 46.6 cm³/mol. The molecular formula is C6H7NOS2. The molecule has 0 atom stereocenters. The Morgan fingerprint density at radius 1 is 1.80 bits per heavy atom. The number of hydrogen-bond donors (Lipinski definition) is 2. The highest BCUT2D eigenvalue weighted by molar-refractivity contribution is 8.68. The standard InChI is InChI=1S/C6H7NOS2/c8-6(7-10-9)5-3-1-2-4-5/h1-3,9H,4H2,(H,7,8). The van der Waals surface area contributed by atoms with E-state index in [9.17, 15) is 4.79 Å². The van der Waals surface area contributed by atoms with Crippen LogP contribution in [-0.2, 0) is 4.79 Å². The van der Waals surface area contributed by atoms with Crippen molar-refractivity contribution >= 4 is 28.5 Å². The molecule has 0 radical (unpaired) electrons. The molecule has 0 fully saturated rings. The molecule has 0 aromatic rings. The Hall–Kier alpha value is -0.350. The molecular weight excluding hydrogens is 166 g/mol. The van der Waals surface area contributed by atoms with Crippen LogP contribution in [0.15, 0.2) is 23.8 Å². The van der Waals surface area contributed by atoms with Gasteiger partial charge in [0.05, 0.1) is 0 Å². The summed E-state index contributed by atoms with van der Waals surface area (Å²) in [6, 6.07) is 0. The minimum Gasteiger partial charge on any atom is -0.287 e. The van der Waals surface area contributed by atoms with Crippen molar-refractivity contribution in [2.45, 2.75) is 6.42 Å². The van der Waals surface area contributed by atoms with E-state index in [4.69, 9.17) is 0 Å². The van der Waals surface area contributed by atoms with Crippen LogP contribution in [0.3, 0.4) is 0 Å².